The number of aromatic amines is 1. The van der Waals surface area contributed by atoms with Gasteiger partial charge in [-0.2, -0.15) is 5.10 Å². The minimum Gasteiger partial charge on any atom is -0.355 e. The number of anilines is 3. The SMILES string of the molecule is O=C(Cc1cc(F)ccc1F)Nc1cccc(Nc2ccc3c(/C=C/c4ccccc4)n[nH]c3c2)c1. The average Bonchev–Trinajstić information content (AvgIpc) is 3.28. The van der Waals surface area contributed by atoms with Crippen LogP contribution < -0.4 is 10.6 Å². The zero-order valence-corrected chi connectivity index (χ0v) is 19.1. The fourth-order valence-corrected chi connectivity index (χ4v) is 3.88. The van der Waals surface area contributed by atoms with Gasteiger partial charge in [0, 0.05) is 28.0 Å². The van der Waals surface area contributed by atoms with Gasteiger partial charge in [0.2, 0.25) is 5.91 Å². The molecule has 0 radical (unpaired) electrons. The number of rotatable bonds is 7. The fourth-order valence-electron chi connectivity index (χ4n) is 3.88. The van der Waals surface area contributed by atoms with Crippen LogP contribution in [0.15, 0.2) is 91.0 Å². The Kier molecular flexibility index (Phi) is 6.53. The van der Waals surface area contributed by atoms with E-state index in [2.05, 4.69) is 20.8 Å². The summed E-state index contributed by atoms with van der Waals surface area (Å²) in [7, 11) is 0. The van der Waals surface area contributed by atoms with E-state index in [9.17, 15) is 13.6 Å². The standard InChI is InChI=1S/C29H22F2N4O/c30-21-10-13-26(31)20(15-21)16-29(36)33-23-8-4-7-22(17-23)32-24-11-12-25-27(34-35-28(25)18-24)14-9-19-5-2-1-3-6-19/h1-15,17-18,32H,16H2,(H,33,36)(H,34,35)/b14-9+. The first-order valence-corrected chi connectivity index (χ1v) is 11.4. The number of hydrogen-bond donors (Lipinski definition) is 3. The van der Waals surface area contributed by atoms with Crippen molar-refractivity contribution >= 4 is 46.0 Å². The Balaban J connectivity index is 1.27. The smallest absolute Gasteiger partial charge is 0.228 e. The molecule has 0 bridgehead atoms. The van der Waals surface area contributed by atoms with Crippen LogP contribution in [0.2, 0.25) is 0 Å². The third kappa shape index (κ3) is 5.47. The van der Waals surface area contributed by atoms with E-state index in [1.165, 1.54) is 0 Å². The third-order valence-corrected chi connectivity index (χ3v) is 5.62. The second kappa shape index (κ2) is 10.2. The quantitative estimate of drug-likeness (QED) is 0.236. The minimum absolute atomic E-state index is 0.00706. The minimum atomic E-state index is -0.616. The second-order valence-electron chi connectivity index (χ2n) is 8.28. The van der Waals surface area contributed by atoms with Crippen molar-refractivity contribution in [2.24, 2.45) is 0 Å². The maximum Gasteiger partial charge on any atom is 0.228 e. The van der Waals surface area contributed by atoms with E-state index in [1.54, 1.807) is 18.2 Å². The lowest BCUT2D eigenvalue weighted by Gasteiger charge is -2.10. The number of nitrogens with one attached hydrogen (secondary N) is 3. The first kappa shape index (κ1) is 23.0. The van der Waals surface area contributed by atoms with Crippen molar-refractivity contribution < 1.29 is 13.6 Å². The maximum absolute atomic E-state index is 13.8. The zero-order chi connectivity index (χ0) is 24.9. The van der Waals surface area contributed by atoms with Crippen molar-refractivity contribution in [3.63, 3.8) is 0 Å². The average molecular weight is 481 g/mol. The third-order valence-electron chi connectivity index (χ3n) is 5.62. The molecular weight excluding hydrogens is 458 g/mol. The summed E-state index contributed by atoms with van der Waals surface area (Å²) in [6.07, 6.45) is 3.73. The predicted octanol–water partition coefficient (Wildman–Crippen LogP) is 6.94. The molecule has 0 spiro atoms. The van der Waals surface area contributed by atoms with Gasteiger partial charge in [0.25, 0.3) is 0 Å². The number of nitrogens with zero attached hydrogens (tertiary/aromatic N) is 1. The Morgan fingerprint density at radius 1 is 0.833 bits per heavy atom. The van der Waals surface area contributed by atoms with Crippen LogP contribution in [0.3, 0.4) is 0 Å². The van der Waals surface area contributed by atoms with Gasteiger partial charge in [-0.3, -0.25) is 9.89 Å². The van der Waals surface area contributed by atoms with Crippen LogP contribution in [0.4, 0.5) is 25.8 Å². The highest BCUT2D eigenvalue weighted by molar-refractivity contribution is 5.93. The van der Waals surface area contributed by atoms with E-state index >= 15 is 0 Å². The topological polar surface area (TPSA) is 69.8 Å². The van der Waals surface area contributed by atoms with Crippen molar-refractivity contribution in [3.05, 3.63) is 119 Å². The summed E-state index contributed by atoms with van der Waals surface area (Å²) >= 11 is 0. The number of halogens is 2. The molecule has 5 aromatic rings. The molecule has 1 amide bonds. The van der Waals surface area contributed by atoms with Crippen molar-refractivity contribution in [1.82, 2.24) is 10.2 Å². The van der Waals surface area contributed by atoms with Crippen molar-refractivity contribution in [2.45, 2.75) is 6.42 Å². The van der Waals surface area contributed by atoms with Gasteiger partial charge in [0.15, 0.2) is 0 Å². The van der Waals surface area contributed by atoms with Gasteiger partial charge in [-0.05, 0) is 66.2 Å². The molecule has 0 aliphatic carbocycles. The highest BCUT2D eigenvalue weighted by Gasteiger charge is 2.10. The fraction of sp³-hybridized carbons (Fsp3) is 0.0345. The van der Waals surface area contributed by atoms with Crippen LogP contribution >= 0.6 is 0 Å². The lowest BCUT2D eigenvalue weighted by Crippen LogP contribution is -2.15. The van der Waals surface area contributed by atoms with Crippen LogP contribution in [-0.2, 0) is 11.2 Å². The first-order valence-electron chi connectivity index (χ1n) is 11.4. The molecule has 3 N–H and O–H groups in total. The maximum atomic E-state index is 13.8. The summed E-state index contributed by atoms with van der Waals surface area (Å²) in [6.45, 7) is 0. The highest BCUT2D eigenvalue weighted by atomic mass is 19.1. The number of hydrogen-bond acceptors (Lipinski definition) is 3. The van der Waals surface area contributed by atoms with E-state index < -0.39 is 17.5 Å². The Morgan fingerprint density at radius 2 is 1.64 bits per heavy atom. The molecule has 0 fully saturated rings. The number of amides is 1. The number of benzene rings is 4. The van der Waals surface area contributed by atoms with Crippen LogP contribution in [-0.4, -0.2) is 16.1 Å². The summed E-state index contributed by atoms with van der Waals surface area (Å²) < 4.78 is 27.2. The molecule has 0 aliphatic rings. The Hall–Kier alpha value is -4.78. The van der Waals surface area contributed by atoms with Gasteiger partial charge in [-0.1, -0.05) is 42.5 Å². The van der Waals surface area contributed by atoms with Crippen LogP contribution in [0.25, 0.3) is 23.1 Å². The molecule has 0 saturated carbocycles. The molecule has 5 rings (SSSR count). The molecule has 0 unspecified atom stereocenters. The van der Waals surface area contributed by atoms with Gasteiger partial charge < -0.3 is 10.6 Å². The van der Waals surface area contributed by atoms with Gasteiger partial charge in [0.05, 0.1) is 17.6 Å². The van der Waals surface area contributed by atoms with Gasteiger partial charge in [0.1, 0.15) is 11.6 Å². The predicted molar refractivity (Wildman–Crippen MR) is 140 cm³/mol. The lowest BCUT2D eigenvalue weighted by atomic mass is 10.1. The number of carbonyl (C=O) groups excluding carboxylic acids is 1. The summed E-state index contributed by atoms with van der Waals surface area (Å²) in [6, 6.07) is 26.2. The van der Waals surface area contributed by atoms with Gasteiger partial charge in [-0.15, -0.1) is 0 Å². The molecule has 4 aromatic carbocycles. The molecule has 5 nitrogen and oxygen atoms in total. The number of carbonyl (C=O) groups is 1. The molecule has 0 saturated heterocycles. The monoisotopic (exact) mass is 480 g/mol. The molecule has 0 atom stereocenters. The Bertz CT molecular complexity index is 1560. The van der Waals surface area contributed by atoms with Crippen LogP contribution in [0.1, 0.15) is 16.8 Å². The Morgan fingerprint density at radius 3 is 2.50 bits per heavy atom. The van der Waals surface area contributed by atoms with E-state index in [1.807, 2.05) is 66.7 Å². The first-order chi connectivity index (χ1) is 17.5. The summed E-state index contributed by atoms with van der Waals surface area (Å²) in [5.41, 5.74) is 4.97. The van der Waals surface area contributed by atoms with Crippen molar-refractivity contribution in [2.75, 3.05) is 10.6 Å². The normalized spacial score (nSPS) is 11.2. The second-order valence-corrected chi connectivity index (χ2v) is 8.28. The summed E-state index contributed by atoms with van der Waals surface area (Å²) in [5.74, 6) is -1.64. The molecule has 1 aromatic heterocycles. The number of fused-ring (bicyclic) bond motifs is 1. The van der Waals surface area contributed by atoms with Crippen molar-refractivity contribution in [3.8, 4) is 0 Å². The highest BCUT2D eigenvalue weighted by Crippen LogP contribution is 2.25. The van der Waals surface area contributed by atoms with Gasteiger partial charge in [-0.25, -0.2) is 8.78 Å². The van der Waals surface area contributed by atoms with Gasteiger partial charge >= 0.3 is 0 Å². The number of aromatic nitrogens is 2. The molecular formula is C29H22F2N4O. The molecule has 7 heteroatoms. The molecule has 0 aliphatic heterocycles. The molecule has 178 valence electrons. The van der Waals surface area contributed by atoms with E-state index in [-0.39, 0.29) is 12.0 Å². The summed E-state index contributed by atoms with van der Waals surface area (Å²) in [5, 5.41) is 14.5. The van der Waals surface area contributed by atoms with Crippen LogP contribution in [0, 0.1) is 11.6 Å². The number of H-pyrrole nitrogens is 1. The van der Waals surface area contributed by atoms with E-state index in [0.29, 0.717) is 5.69 Å². The van der Waals surface area contributed by atoms with Crippen LogP contribution in [0.5, 0.6) is 0 Å². The molecule has 1 heterocycles. The zero-order valence-electron chi connectivity index (χ0n) is 19.1. The molecule has 36 heavy (non-hydrogen) atoms. The lowest BCUT2D eigenvalue weighted by molar-refractivity contribution is -0.115. The summed E-state index contributed by atoms with van der Waals surface area (Å²) in [4.78, 5) is 12.4. The van der Waals surface area contributed by atoms with E-state index in [4.69, 9.17) is 0 Å². The van der Waals surface area contributed by atoms with E-state index in [0.717, 1.165) is 51.7 Å². The van der Waals surface area contributed by atoms with Crippen molar-refractivity contribution in [1.29, 1.82) is 0 Å². The largest absolute Gasteiger partial charge is 0.355 e. The Labute approximate surface area is 206 Å².